The van der Waals surface area contributed by atoms with Crippen LogP contribution in [0.3, 0.4) is 0 Å². The normalized spacial score (nSPS) is 19.4. The van der Waals surface area contributed by atoms with E-state index < -0.39 is 0 Å². The van der Waals surface area contributed by atoms with E-state index in [4.69, 9.17) is 5.41 Å². The Hall–Kier alpha value is -1.86. The number of hydrogen-bond acceptors (Lipinski definition) is 5. The summed E-state index contributed by atoms with van der Waals surface area (Å²) in [6, 6.07) is 7.81. The number of carbonyl (C=O) groups excluding carboxylic acids is 1. The van der Waals surface area contributed by atoms with Gasteiger partial charge in [0.25, 0.3) is 5.91 Å². The summed E-state index contributed by atoms with van der Waals surface area (Å²) >= 11 is 2.68. The number of nitrogens with one attached hydrogen (secondary N) is 1. The highest BCUT2D eigenvalue weighted by Gasteiger charge is 2.37. The number of hydrogen-bond donors (Lipinski definition) is 1. The Morgan fingerprint density at radius 1 is 1.36 bits per heavy atom. The zero-order valence-electron chi connectivity index (χ0n) is 12.2. The SMILES string of the molecule is CCSC1=NSC2=NC(=O)/C(=C\c3ccc(C)cc3)C(=N)N12. The zero-order valence-corrected chi connectivity index (χ0v) is 13.8. The first-order valence-electron chi connectivity index (χ1n) is 6.78. The molecule has 2 heterocycles. The molecule has 1 N–H and O–H groups in total. The lowest BCUT2D eigenvalue weighted by Gasteiger charge is -2.24. The molecule has 0 saturated carbocycles. The van der Waals surface area contributed by atoms with Gasteiger partial charge >= 0.3 is 0 Å². The predicted octanol–water partition coefficient (Wildman–Crippen LogP) is 3.32. The van der Waals surface area contributed by atoms with Crippen LogP contribution in [-0.2, 0) is 4.79 Å². The Bertz CT molecular complexity index is 734. The quantitative estimate of drug-likeness (QED) is 0.667. The van der Waals surface area contributed by atoms with Crippen LogP contribution >= 0.6 is 23.7 Å². The van der Waals surface area contributed by atoms with E-state index in [1.54, 1.807) is 11.0 Å². The van der Waals surface area contributed by atoms with Crippen molar-refractivity contribution in [3.63, 3.8) is 0 Å². The average Bonchev–Trinajstić information content (AvgIpc) is 2.89. The Labute approximate surface area is 137 Å². The fourth-order valence-electron chi connectivity index (χ4n) is 2.05. The third-order valence-corrected chi connectivity index (χ3v) is 4.79. The first-order chi connectivity index (χ1) is 10.6. The first kappa shape index (κ1) is 15.1. The summed E-state index contributed by atoms with van der Waals surface area (Å²) in [6.45, 7) is 4.03. The van der Waals surface area contributed by atoms with Gasteiger partial charge in [-0.15, -0.1) is 0 Å². The summed E-state index contributed by atoms with van der Waals surface area (Å²) in [5.41, 5.74) is 2.32. The molecular weight excluding hydrogens is 316 g/mol. The van der Waals surface area contributed by atoms with E-state index in [0.29, 0.717) is 15.9 Å². The average molecular weight is 330 g/mol. The third kappa shape index (κ3) is 2.74. The summed E-state index contributed by atoms with van der Waals surface area (Å²) in [7, 11) is 0. The Kier molecular flexibility index (Phi) is 4.17. The van der Waals surface area contributed by atoms with Crippen molar-refractivity contribution in [1.82, 2.24) is 4.90 Å². The molecule has 0 spiro atoms. The molecule has 0 unspecified atom stereocenters. The third-order valence-electron chi connectivity index (χ3n) is 3.16. The first-order valence-corrected chi connectivity index (χ1v) is 8.54. The van der Waals surface area contributed by atoms with Crippen molar-refractivity contribution < 1.29 is 4.79 Å². The van der Waals surface area contributed by atoms with Crippen molar-refractivity contribution >= 4 is 51.9 Å². The van der Waals surface area contributed by atoms with Gasteiger partial charge in [-0.25, -0.2) is 4.90 Å². The second-order valence-corrected chi connectivity index (χ2v) is 6.71. The van der Waals surface area contributed by atoms with E-state index in [-0.39, 0.29) is 11.7 Å². The van der Waals surface area contributed by atoms with Crippen molar-refractivity contribution in [2.45, 2.75) is 13.8 Å². The molecular formula is C15H14N4OS2. The number of amides is 1. The largest absolute Gasteiger partial charge is 0.283 e. The fraction of sp³-hybridized carbons (Fsp3) is 0.200. The van der Waals surface area contributed by atoms with Crippen LogP contribution in [0.1, 0.15) is 18.1 Å². The molecule has 2 aliphatic heterocycles. The smallest absolute Gasteiger partial charge is 0.283 e. The number of aliphatic imine (C=N–C) groups is 1. The highest BCUT2D eigenvalue weighted by atomic mass is 32.2. The lowest BCUT2D eigenvalue weighted by Crippen LogP contribution is -2.41. The maximum atomic E-state index is 12.2. The second kappa shape index (κ2) is 6.10. The van der Waals surface area contributed by atoms with E-state index in [9.17, 15) is 4.79 Å². The van der Waals surface area contributed by atoms with E-state index in [0.717, 1.165) is 28.8 Å². The highest BCUT2D eigenvalue weighted by Crippen LogP contribution is 2.31. The summed E-state index contributed by atoms with van der Waals surface area (Å²) in [6.07, 6.45) is 1.71. The van der Waals surface area contributed by atoms with Crippen molar-refractivity contribution in [2.24, 2.45) is 9.39 Å². The van der Waals surface area contributed by atoms with Gasteiger partial charge in [0.1, 0.15) is 5.84 Å². The molecule has 22 heavy (non-hydrogen) atoms. The molecule has 2 aliphatic rings. The van der Waals surface area contributed by atoms with E-state index in [1.165, 1.54) is 11.8 Å². The van der Waals surface area contributed by atoms with Gasteiger partial charge in [-0.3, -0.25) is 10.2 Å². The summed E-state index contributed by atoms with van der Waals surface area (Å²) in [5, 5.41) is 9.52. The number of fused-ring (bicyclic) bond motifs is 1. The lowest BCUT2D eigenvalue weighted by molar-refractivity contribution is -0.114. The number of amidine groups is 3. The number of rotatable bonds is 2. The minimum absolute atomic E-state index is 0.139. The van der Waals surface area contributed by atoms with E-state index in [1.807, 2.05) is 38.1 Å². The summed E-state index contributed by atoms with van der Waals surface area (Å²) < 4.78 is 4.28. The zero-order chi connectivity index (χ0) is 15.7. The molecule has 0 aromatic heterocycles. The number of carbonyl (C=O) groups is 1. The van der Waals surface area contributed by atoms with Crippen LogP contribution < -0.4 is 0 Å². The molecule has 0 radical (unpaired) electrons. The molecule has 1 aromatic rings. The summed E-state index contributed by atoms with van der Waals surface area (Å²) in [4.78, 5) is 17.9. The summed E-state index contributed by atoms with van der Waals surface area (Å²) in [5.74, 6) is 0.601. The van der Waals surface area contributed by atoms with Crippen LogP contribution in [0.2, 0.25) is 0 Å². The molecule has 0 saturated heterocycles. The Morgan fingerprint density at radius 3 is 2.77 bits per heavy atom. The van der Waals surface area contributed by atoms with Crippen molar-refractivity contribution in [2.75, 3.05) is 5.75 Å². The highest BCUT2D eigenvalue weighted by molar-refractivity contribution is 8.19. The molecule has 112 valence electrons. The lowest BCUT2D eigenvalue weighted by atomic mass is 10.1. The van der Waals surface area contributed by atoms with E-state index >= 15 is 0 Å². The van der Waals surface area contributed by atoms with E-state index in [2.05, 4.69) is 9.39 Å². The molecule has 1 amide bonds. The van der Waals surface area contributed by atoms with Gasteiger partial charge in [0, 0.05) is 0 Å². The van der Waals surface area contributed by atoms with Crippen LogP contribution in [0.25, 0.3) is 6.08 Å². The van der Waals surface area contributed by atoms with Crippen molar-refractivity contribution in [1.29, 1.82) is 5.41 Å². The number of nitrogens with zero attached hydrogens (tertiary/aromatic N) is 3. The van der Waals surface area contributed by atoms with Crippen LogP contribution in [-0.4, -0.2) is 32.7 Å². The van der Waals surface area contributed by atoms with Gasteiger partial charge in [0.15, 0.2) is 5.17 Å². The predicted molar refractivity (Wildman–Crippen MR) is 94.3 cm³/mol. The molecule has 0 aliphatic carbocycles. The number of aryl methyl sites for hydroxylation is 1. The minimum Gasteiger partial charge on any atom is -0.283 e. The molecule has 1 aromatic carbocycles. The van der Waals surface area contributed by atoms with Crippen molar-refractivity contribution in [3.05, 3.63) is 41.0 Å². The van der Waals surface area contributed by atoms with Crippen LogP contribution in [0.15, 0.2) is 39.2 Å². The van der Waals surface area contributed by atoms with Gasteiger partial charge in [0.2, 0.25) is 5.17 Å². The topological polar surface area (TPSA) is 68.9 Å². The van der Waals surface area contributed by atoms with Crippen molar-refractivity contribution in [3.8, 4) is 0 Å². The van der Waals surface area contributed by atoms with Gasteiger partial charge in [-0.1, -0.05) is 48.5 Å². The standard InChI is InChI=1S/C15H14N4OS2/c1-3-21-15-18-22-14-17-13(20)11(12(16)19(14)15)8-10-6-4-9(2)5-7-10/h4-8,16H,3H2,1-2H3/b11-8-,16-12?. The van der Waals surface area contributed by atoms with Gasteiger partial charge in [-0.05, 0) is 24.3 Å². The van der Waals surface area contributed by atoms with Gasteiger partial charge < -0.3 is 0 Å². The maximum absolute atomic E-state index is 12.2. The minimum atomic E-state index is -0.387. The molecule has 3 rings (SSSR count). The van der Waals surface area contributed by atoms with Gasteiger partial charge in [-0.2, -0.15) is 9.39 Å². The second-order valence-electron chi connectivity index (χ2n) is 4.75. The molecule has 0 atom stereocenters. The van der Waals surface area contributed by atoms with Gasteiger partial charge in [0.05, 0.1) is 17.5 Å². The fourth-order valence-corrected chi connectivity index (χ4v) is 3.62. The monoisotopic (exact) mass is 330 g/mol. The van der Waals surface area contributed by atoms with Crippen LogP contribution in [0.4, 0.5) is 0 Å². The molecule has 5 nitrogen and oxygen atoms in total. The molecule has 0 bridgehead atoms. The molecule has 7 heteroatoms. The number of benzene rings is 1. The maximum Gasteiger partial charge on any atom is 0.283 e. The Balaban J connectivity index is 1.97. The van der Waals surface area contributed by atoms with Crippen LogP contribution in [0.5, 0.6) is 0 Å². The van der Waals surface area contributed by atoms with Crippen LogP contribution in [0, 0.1) is 12.3 Å². The molecule has 0 fully saturated rings. The Morgan fingerprint density at radius 2 is 2.09 bits per heavy atom. The number of thioether (sulfide) groups is 1.